The Morgan fingerprint density at radius 3 is 2.61 bits per heavy atom. The molecule has 0 spiro atoms. The van der Waals surface area contributed by atoms with Gasteiger partial charge in [0.1, 0.15) is 17.9 Å². The molecule has 6 nitrogen and oxygen atoms in total. The standard InChI is InChI=1S/C24H25ClN4O2/c1-3-18-8-10-19(11-9-18)24(30)29-13-12-28(15-17(29)2)22-14-23(27-16-26-22)31-21-7-5-4-6-20(21)25/h4-11,14,16-17H,3,12-13,15H2,1-2H3/t17-/m1/s1. The first kappa shape index (κ1) is 21.1. The van der Waals surface area contributed by atoms with Crippen molar-refractivity contribution < 1.29 is 9.53 Å². The van der Waals surface area contributed by atoms with E-state index in [2.05, 4.69) is 28.7 Å². The maximum absolute atomic E-state index is 13.0. The van der Waals surface area contributed by atoms with Crippen LogP contribution in [0.3, 0.4) is 0 Å². The van der Waals surface area contributed by atoms with Gasteiger partial charge >= 0.3 is 0 Å². The first-order valence-electron chi connectivity index (χ1n) is 10.4. The maximum Gasteiger partial charge on any atom is 0.254 e. The highest BCUT2D eigenvalue weighted by Crippen LogP contribution is 2.29. The molecule has 1 aliphatic rings. The zero-order chi connectivity index (χ0) is 21.8. The van der Waals surface area contributed by atoms with Crippen LogP contribution in [0.1, 0.15) is 29.8 Å². The molecule has 1 atom stereocenters. The van der Waals surface area contributed by atoms with Gasteiger partial charge in [-0.3, -0.25) is 4.79 Å². The zero-order valence-electron chi connectivity index (χ0n) is 17.7. The van der Waals surface area contributed by atoms with Crippen LogP contribution >= 0.6 is 11.6 Å². The predicted octanol–water partition coefficient (Wildman–Crippen LogP) is 4.84. The molecule has 0 bridgehead atoms. The van der Waals surface area contributed by atoms with E-state index in [1.165, 1.54) is 11.9 Å². The molecule has 1 aliphatic heterocycles. The molecule has 2 heterocycles. The Morgan fingerprint density at radius 1 is 1.13 bits per heavy atom. The Bertz CT molecular complexity index is 1060. The van der Waals surface area contributed by atoms with Crippen molar-refractivity contribution in [3.8, 4) is 11.6 Å². The van der Waals surface area contributed by atoms with Crippen LogP contribution < -0.4 is 9.64 Å². The lowest BCUT2D eigenvalue weighted by Gasteiger charge is -2.40. The van der Waals surface area contributed by atoms with Crippen LogP contribution in [-0.2, 0) is 6.42 Å². The van der Waals surface area contributed by atoms with Crippen LogP contribution in [0.15, 0.2) is 60.9 Å². The van der Waals surface area contributed by atoms with Gasteiger partial charge < -0.3 is 14.5 Å². The second-order valence-corrected chi connectivity index (χ2v) is 8.00. The molecule has 0 aliphatic carbocycles. The third-order valence-corrected chi connectivity index (χ3v) is 5.81. The summed E-state index contributed by atoms with van der Waals surface area (Å²) in [6.45, 7) is 6.16. The molecule has 1 saturated heterocycles. The van der Waals surface area contributed by atoms with Crippen molar-refractivity contribution in [1.82, 2.24) is 14.9 Å². The van der Waals surface area contributed by atoms with E-state index in [9.17, 15) is 4.79 Å². The van der Waals surface area contributed by atoms with Gasteiger partial charge in [0.2, 0.25) is 5.88 Å². The lowest BCUT2D eigenvalue weighted by atomic mass is 10.1. The Labute approximate surface area is 187 Å². The van der Waals surface area contributed by atoms with Crippen LogP contribution in [0.25, 0.3) is 0 Å². The Hall–Kier alpha value is -3.12. The summed E-state index contributed by atoms with van der Waals surface area (Å²) < 4.78 is 5.83. The summed E-state index contributed by atoms with van der Waals surface area (Å²) in [5.41, 5.74) is 1.96. The van der Waals surface area contributed by atoms with Crippen molar-refractivity contribution in [3.63, 3.8) is 0 Å². The minimum atomic E-state index is 0.0509. The first-order valence-corrected chi connectivity index (χ1v) is 10.8. The maximum atomic E-state index is 13.0. The molecule has 0 unspecified atom stereocenters. The number of carbonyl (C=O) groups is 1. The van der Waals surface area contributed by atoms with Crippen LogP contribution in [0, 0.1) is 0 Å². The highest BCUT2D eigenvalue weighted by molar-refractivity contribution is 6.32. The van der Waals surface area contributed by atoms with Crippen molar-refractivity contribution in [2.75, 3.05) is 24.5 Å². The summed E-state index contributed by atoms with van der Waals surface area (Å²) in [6, 6.07) is 17.0. The number of aromatic nitrogens is 2. The van der Waals surface area contributed by atoms with Gasteiger partial charge in [0.05, 0.1) is 5.02 Å². The van der Waals surface area contributed by atoms with Crippen molar-refractivity contribution in [3.05, 3.63) is 77.1 Å². The average Bonchev–Trinajstić information content (AvgIpc) is 2.80. The number of hydrogen-bond donors (Lipinski definition) is 0. The summed E-state index contributed by atoms with van der Waals surface area (Å²) >= 11 is 6.18. The van der Waals surface area contributed by atoms with Gasteiger partial charge in [0.15, 0.2) is 0 Å². The van der Waals surface area contributed by atoms with Crippen molar-refractivity contribution in [1.29, 1.82) is 0 Å². The van der Waals surface area contributed by atoms with Crippen molar-refractivity contribution >= 4 is 23.3 Å². The quantitative estimate of drug-likeness (QED) is 0.573. The number of nitrogens with zero attached hydrogens (tertiary/aromatic N) is 4. The third kappa shape index (κ3) is 4.80. The molecule has 1 amide bonds. The number of aryl methyl sites for hydroxylation is 1. The highest BCUT2D eigenvalue weighted by Gasteiger charge is 2.29. The summed E-state index contributed by atoms with van der Waals surface area (Å²) in [7, 11) is 0. The number of piperazine rings is 1. The van der Waals surface area contributed by atoms with E-state index < -0.39 is 0 Å². The molecule has 31 heavy (non-hydrogen) atoms. The van der Waals surface area contributed by atoms with Gasteiger partial charge in [-0.25, -0.2) is 9.97 Å². The predicted molar refractivity (Wildman–Crippen MR) is 122 cm³/mol. The van der Waals surface area contributed by atoms with E-state index in [1.807, 2.05) is 41.3 Å². The largest absolute Gasteiger partial charge is 0.437 e. The number of halogens is 1. The molecule has 0 radical (unpaired) electrons. The summed E-state index contributed by atoms with van der Waals surface area (Å²) in [6.07, 6.45) is 2.45. The average molecular weight is 437 g/mol. The number of carbonyl (C=O) groups excluding carboxylic acids is 1. The van der Waals surface area contributed by atoms with Gasteiger partial charge in [-0.1, -0.05) is 42.8 Å². The van der Waals surface area contributed by atoms with Gasteiger partial charge in [0, 0.05) is 37.3 Å². The van der Waals surface area contributed by atoms with E-state index in [0.29, 0.717) is 36.3 Å². The molecule has 1 aromatic heterocycles. The van der Waals surface area contributed by atoms with E-state index in [-0.39, 0.29) is 11.9 Å². The van der Waals surface area contributed by atoms with E-state index in [0.717, 1.165) is 17.8 Å². The number of amides is 1. The molecule has 0 saturated carbocycles. The smallest absolute Gasteiger partial charge is 0.254 e. The van der Waals surface area contributed by atoms with Gasteiger partial charge in [0.25, 0.3) is 5.91 Å². The lowest BCUT2D eigenvalue weighted by Crippen LogP contribution is -2.54. The van der Waals surface area contributed by atoms with E-state index in [4.69, 9.17) is 16.3 Å². The van der Waals surface area contributed by atoms with Crippen molar-refractivity contribution in [2.24, 2.45) is 0 Å². The number of para-hydroxylation sites is 1. The Balaban J connectivity index is 1.43. The van der Waals surface area contributed by atoms with E-state index in [1.54, 1.807) is 18.2 Å². The minimum Gasteiger partial charge on any atom is -0.437 e. The Kier molecular flexibility index (Phi) is 6.37. The Morgan fingerprint density at radius 2 is 1.90 bits per heavy atom. The fourth-order valence-corrected chi connectivity index (χ4v) is 3.89. The summed E-state index contributed by atoms with van der Waals surface area (Å²) in [4.78, 5) is 25.7. The van der Waals surface area contributed by atoms with Crippen LogP contribution in [-0.4, -0.2) is 46.5 Å². The molecular formula is C24H25ClN4O2. The molecule has 0 N–H and O–H groups in total. The number of hydrogen-bond acceptors (Lipinski definition) is 5. The number of anilines is 1. The summed E-state index contributed by atoms with van der Waals surface area (Å²) in [5, 5.41) is 0.524. The number of ether oxygens (including phenoxy) is 1. The SMILES string of the molecule is CCc1ccc(C(=O)N2CCN(c3cc(Oc4ccccc4Cl)ncn3)C[C@H]2C)cc1. The lowest BCUT2D eigenvalue weighted by molar-refractivity contribution is 0.0673. The normalized spacial score (nSPS) is 16.3. The molecular weight excluding hydrogens is 412 g/mol. The molecule has 4 rings (SSSR count). The minimum absolute atomic E-state index is 0.0509. The fourth-order valence-electron chi connectivity index (χ4n) is 3.72. The fraction of sp³-hybridized carbons (Fsp3) is 0.292. The molecule has 2 aromatic carbocycles. The second-order valence-electron chi connectivity index (χ2n) is 7.59. The molecule has 1 fully saturated rings. The van der Waals surface area contributed by atoms with Crippen LogP contribution in [0.5, 0.6) is 11.6 Å². The van der Waals surface area contributed by atoms with Gasteiger partial charge in [-0.2, -0.15) is 0 Å². The second kappa shape index (κ2) is 9.35. The van der Waals surface area contributed by atoms with Gasteiger partial charge in [-0.15, -0.1) is 0 Å². The summed E-state index contributed by atoms with van der Waals surface area (Å²) in [5.74, 6) is 1.82. The van der Waals surface area contributed by atoms with Crippen LogP contribution in [0.2, 0.25) is 5.02 Å². The number of benzene rings is 2. The molecule has 7 heteroatoms. The van der Waals surface area contributed by atoms with Gasteiger partial charge in [-0.05, 0) is 43.2 Å². The first-order chi connectivity index (χ1) is 15.0. The van der Waals surface area contributed by atoms with Crippen molar-refractivity contribution in [2.45, 2.75) is 26.3 Å². The monoisotopic (exact) mass is 436 g/mol. The molecule has 160 valence electrons. The topological polar surface area (TPSA) is 58.6 Å². The molecule has 3 aromatic rings. The number of rotatable bonds is 5. The zero-order valence-corrected chi connectivity index (χ0v) is 18.4. The van der Waals surface area contributed by atoms with Crippen LogP contribution in [0.4, 0.5) is 5.82 Å². The third-order valence-electron chi connectivity index (χ3n) is 5.50. The highest BCUT2D eigenvalue weighted by atomic mass is 35.5. The van der Waals surface area contributed by atoms with E-state index >= 15 is 0 Å².